The Balaban J connectivity index is 0.00000164. The molecule has 2 aliphatic heterocycles. The zero-order valence-corrected chi connectivity index (χ0v) is 21.5. The smallest absolute Gasteiger partial charge is 0.195 e. The van der Waals surface area contributed by atoms with Crippen molar-refractivity contribution in [2.24, 2.45) is 11.8 Å². The molecular weight excluding hydrogens is 507 g/mol. The van der Waals surface area contributed by atoms with E-state index in [-0.39, 0.29) is 35.3 Å². The van der Waals surface area contributed by atoms with Crippen molar-refractivity contribution in [3.05, 3.63) is 76.6 Å². The molecule has 2 atom stereocenters. The summed E-state index contributed by atoms with van der Waals surface area (Å²) in [5, 5.41) is 0.286. The van der Waals surface area contributed by atoms with Crippen LogP contribution in [-0.4, -0.2) is 32.7 Å². The summed E-state index contributed by atoms with van der Waals surface area (Å²) in [6, 6.07) is 8.12. The molecule has 3 aromatic carbocycles. The van der Waals surface area contributed by atoms with Crippen LogP contribution in [-0.2, 0) is 14.2 Å². The monoisotopic (exact) mass is 538 g/mol. The van der Waals surface area contributed by atoms with Crippen LogP contribution in [0.2, 0.25) is 0 Å². The molecule has 0 amide bonds. The molecule has 0 radical (unpaired) electrons. The molecule has 0 spiro atoms. The van der Waals surface area contributed by atoms with Crippen molar-refractivity contribution < 1.29 is 40.9 Å². The van der Waals surface area contributed by atoms with Gasteiger partial charge in [0.2, 0.25) is 0 Å². The number of hydrogen-bond acceptors (Lipinski definition) is 4. The van der Waals surface area contributed by atoms with Gasteiger partial charge >= 0.3 is 0 Å². The van der Waals surface area contributed by atoms with Crippen LogP contribution >= 0.6 is 0 Å². The minimum absolute atomic E-state index is 0.0143. The molecular formula is C29H31F5O4. The number of aryl methyl sites for hydroxylation is 1. The Morgan fingerprint density at radius 3 is 2.11 bits per heavy atom. The fourth-order valence-electron chi connectivity index (χ4n) is 4.73. The Hall–Kier alpha value is -2.75. The van der Waals surface area contributed by atoms with E-state index in [0.29, 0.717) is 31.8 Å². The van der Waals surface area contributed by atoms with Gasteiger partial charge in [0.15, 0.2) is 41.1 Å². The third kappa shape index (κ3) is 6.11. The molecule has 2 unspecified atom stereocenters. The Labute approximate surface area is 218 Å². The molecule has 4 nitrogen and oxygen atoms in total. The van der Waals surface area contributed by atoms with Crippen molar-refractivity contribution in [1.29, 1.82) is 0 Å². The Bertz CT molecular complexity index is 1230. The summed E-state index contributed by atoms with van der Waals surface area (Å²) in [6.07, 6.45) is 0.633. The van der Waals surface area contributed by atoms with Crippen LogP contribution in [0.1, 0.15) is 43.9 Å². The third-order valence-corrected chi connectivity index (χ3v) is 6.66. The van der Waals surface area contributed by atoms with Gasteiger partial charge in [-0.25, -0.2) is 22.0 Å². The number of halogens is 5. The summed E-state index contributed by atoms with van der Waals surface area (Å²) >= 11 is 0. The minimum atomic E-state index is -1.48. The van der Waals surface area contributed by atoms with Gasteiger partial charge in [-0.2, -0.15) is 0 Å². The predicted molar refractivity (Wildman–Crippen MR) is 132 cm³/mol. The van der Waals surface area contributed by atoms with Crippen molar-refractivity contribution in [3.8, 4) is 5.75 Å². The van der Waals surface area contributed by atoms with Gasteiger partial charge in [0.25, 0.3) is 0 Å². The maximum absolute atomic E-state index is 14.0. The maximum Gasteiger partial charge on any atom is 0.195 e. The molecule has 0 saturated carbocycles. The molecule has 2 fully saturated rings. The van der Waals surface area contributed by atoms with Crippen molar-refractivity contribution >= 4 is 10.8 Å². The van der Waals surface area contributed by atoms with Crippen LogP contribution < -0.4 is 4.74 Å². The lowest BCUT2D eigenvalue weighted by atomic mass is 9.92. The van der Waals surface area contributed by atoms with E-state index in [1.54, 1.807) is 19.1 Å². The number of fused-ring (bicyclic) bond motifs is 1. The zero-order valence-electron chi connectivity index (χ0n) is 21.5. The molecule has 3 aromatic rings. The second-order valence-corrected chi connectivity index (χ2v) is 9.40. The van der Waals surface area contributed by atoms with Crippen molar-refractivity contribution in [2.45, 2.75) is 46.0 Å². The van der Waals surface area contributed by atoms with Gasteiger partial charge in [-0.1, -0.05) is 26.0 Å². The van der Waals surface area contributed by atoms with Gasteiger partial charge in [0, 0.05) is 17.2 Å². The lowest BCUT2D eigenvalue weighted by Gasteiger charge is -2.37. The third-order valence-electron chi connectivity index (χ3n) is 6.66. The van der Waals surface area contributed by atoms with Crippen LogP contribution in [0.25, 0.3) is 10.8 Å². The molecule has 5 rings (SSSR count). The van der Waals surface area contributed by atoms with E-state index in [2.05, 4.69) is 0 Å². The van der Waals surface area contributed by atoms with Gasteiger partial charge in [-0.15, -0.1) is 0 Å². The number of rotatable bonds is 5. The second kappa shape index (κ2) is 12.4. The van der Waals surface area contributed by atoms with E-state index in [4.69, 9.17) is 18.9 Å². The molecule has 0 bridgehead atoms. The Morgan fingerprint density at radius 2 is 1.47 bits per heavy atom. The number of ether oxygens (including phenoxy) is 4. The highest BCUT2D eigenvalue weighted by Crippen LogP contribution is 2.36. The van der Waals surface area contributed by atoms with Crippen LogP contribution in [0.5, 0.6) is 5.75 Å². The predicted octanol–water partition coefficient (Wildman–Crippen LogP) is 7.41. The summed E-state index contributed by atoms with van der Waals surface area (Å²) < 4.78 is 92.1. The zero-order chi connectivity index (χ0) is 27.4. The van der Waals surface area contributed by atoms with Crippen molar-refractivity contribution in [2.75, 3.05) is 26.4 Å². The number of benzene rings is 3. The fourth-order valence-corrected chi connectivity index (χ4v) is 4.73. The van der Waals surface area contributed by atoms with Crippen molar-refractivity contribution in [1.82, 2.24) is 0 Å². The normalized spacial score (nSPS) is 23.6. The quantitative estimate of drug-likeness (QED) is 0.251. The van der Waals surface area contributed by atoms with Gasteiger partial charge in [0.05, 0.1) is 32.5 Å². The average molecular weight is 539 g/mol. The lowest BCUT2D eigenvalue weighted by molar-refractivity contribution is -0.243. The summed E-state index contributed by atoms with van der Waals surface area (Å²) in [5.41, 5.74) is 1.23. The average Bonchev–Trinajstić information content (AvgIpc) is 2.92. The summed E-state index contributed by atoms with van der Waals surface area (Å²) in [5.74, 6) is -6.00. The van der Waals surface area contributed by atoms with Gasteiger partial charge in [0.1, 0.15) is 0 Å². The summed E-state index contributed by atoms with van der Waals surface area (Å²) in [7, 11) is 0. The molecule has 2 saturated heterocycles. The van der Waals surface area contributed by atoms with E-state index in [0.717, 1.165) is 18.1 Å². The van der Waals surface area contributed by atoms with E-state index in [1.165, 1.54) is 18.2 Å². The standard InChI is InChI=1S/C27H25F5O4.C2H6/c1-14-6-21(29)26(22(30)7-14)34-10-15-11-35-27(36-12-15)17-3-5-23(33-13-17)16-2-4-19-18(8-16)9-20(28)25(32)24(19)31;1-2/h2,4,6-9,15,17,23,27H,3,5,10-13H2,1H3;1-2H3. The van der Waals surface area contributed by atoms with Crippen molar-refractivity contribution in [3.63, 3.8) is 0 Å². The molecule has 38 heavy (non-hydrogen) atoms. The summed E-state index contributed by atoms with van der Waals surface area (Å²) in [6.45, 7) is 6.65. The first-order valence-corrected chi connectivity index (χ1v) is 12.8. The molecule has 0 aromatic heterocycles. The molecule has 2 heterocycles. The fraction of sp³-hybridized carbons (Fsp3) is 0.448. The van der Waals surface area contributed by atoms with Gasteiger partial charge < -0.3 is 18.9 Å². The first kappa shape index (κ1) is 28.3. The van der Waals surface area contributed by atoms with Gasteiger partial charge in [-0.05, 0) is 60.5 Å². The van der Waals surface area contributed by atoms with E-state index in [9.17, 15) is 22.0 Å². The van der Waals surface area contributed by atoms with E-state index >= 15 is 0 Å². The minimum Gasteiger partial charge on any atom is -0.487 e. The number of hydrogen-bond donors (Lipinski definition) is 0. The van der Waals surface area contributed by atoms with Crippen LogP contribution in [0, 0.1) is 47.8 Å². The highest BCUT2D eigenvalue weighted by atomic mass is 19.2. The van der Waals surface area contributed by atoms with Crippen LogP contribution in [0.4, 0.5) is 22.0 Å². The Morgan fingerprint density at radius 1 is 0.789 bits per heavy atom. The second-order valence-electron chi connectivity index (χ2n) is 9.40. The van der Waals surface area contributed by atoms with Gasteiger partial charge in [-0.3, -0.25) is 0 Å². The molecule has 9 heteroatoms. The lowest BCUT2D eigenvalue weighted by Crippen LogP contribution is -2.42. The van der Waals surface area contributed by atoms with E-state index < -0.39 is 41.1 Å². The largest absolute Gasteiger partial charge is 0.487 e. The van der Waals surface area contributed by atoms with E-state index in [1.807, 2.05) is 13.8 Å². The molecule has 0 aliphatic carbocycles. The molecule has 0 N–H and O–H groups in total. The highest BCUT2D eigenvalue weighted by molar-refractivity contribution is 5.84. The first-order chi connectivity index (χ1) is 18.3. The highest BCUT2D eigenvalue weighted by Gasteiger charge is 2.34. The summed E-state index contributed by atoms with van der Waals surface area (Å²) in [4.78, 5) is 0. The Kier molecular flexibility index (Phi) is 9.23. The van der Waals surface area contributed by atoms with Crippen LogP contribution in [0.3, 0.4) is 0 Å². The molecule has 206 valence electrons. The SMILES string of the molecule is CC.Cc1cc(F)c(OCC2COC(C3CCC(c4ccc5c(F)c(F)c(F)cc5c4)OC3)OC2)c(F)c1. The topological polar surface area (TPSA) is 36.9 Å². The van der Waals surface area contributed by atoms with Crippen LogP contribution in [0.15, 0.2) is 36.4 Å². The first-order valence-electron chi connectivity index (χ1n) is 12.8. The maximum atomic E-state index is 14.0. The molecule has 2 aliphatic rings.